The lowest BCUT2D eigenvalue weighted by molar-refractivity contribution is -0.130. The van der Waals surface area contributed by atoms with Crippen LogP contribution in [0.2, 0.25) is 5.02 Å². The van der Waals surface area contributed by atoms with Crippen molar-refractivity contribution in [1.29, 1.82) is 0 Å². The van der Waals surface area contributed by atoms with Crippen LogP contribution in [0.25, 0.3) is 0 Å². The molecule has 0 aliphatic carbocycles. The van der Waals surface area contributed by atoms with Gasteiger partial charge in [0.2, 0.25) is 0 Å². The molecule has 6 nitrogen and oxygen atoms in total. The predicted octanol–water partition coefficient (Wildman–Crippen LogP) is 2.07. The second kappa shape index (κ2) is 7.47. The van der Waals surface area contributed by atoms with Crippen LogP contribution in [0.3, 0.4) is 0 Å². The number of carbonyl (C=O) groups excluding carboxylic acids is 2. The standard InChI is InChI=1S/C15H19ClN2O4/c1-9(2)22-12-6-5-10(16)8-11(12)14(19)17-18-15(20)13-4-3-7-21-13/h5-6,8-9,13H,3-4,7H2,1-2H3,(H,17,19)(H,18,20). The second-order valence-electron chi connectivity index (χ2n) is 5.25. The van der Waals surface area contributed by atoms with E-state index in [-0.39, 0.29) is 17.6 Å². The highest BCUT2D eigenvalue weighted by atomic mass is 35.5. The van der Waals surface area contributed by atoms with Gasteiger partial charge in [-0.2, -0.15) is 0 Å². The Kier molecular flexibility index (Phi) is 5.63. The highest BCUT2D eigenvalue weighted by Gasteiger charge is 2.24. The Bertz CT molecular complexity index is 556. The highest BCUT2D eigenvalue weighted by Crippen LogP contribution is 2.23. The molecule has 2 amide bonds. The van der Waals surface area contributed by atoms with Crippen molar-refractivity contribution in [3.8, 4) is 5.75 Å². The minimum absolute atomic E-state index is 0.0887. The number of carbonyl (C=O) groups is 2. The van der Waals surface area contributed by atoms with Crippen molar-refractivity contribution in [2.24, 2.45) is 0 Å². The van der Waals surface area contributed by atoms with Gasteiger partial charge in [-0.05, 0) is 44.9 Å². The number of hydrazine groups is 1. The smallest absolute Gasteiger partial charge is 0.273 e. The van der Waals surface area contributed by atoms with Crippen LogP contribution in [0.4, 0.5) is 0 Å². The van der Waals surface area contributed by atoms with Gasteiger partial charge < -0.3 is 9.47 Å². The first kappa shape index (κ1) is 16.6. The van der Waals surface area contributed by atoms with Crippen LogP contribution in [0.15, 0.2) is 18.2 Å². The molecule has 1 saturated heterocycles. The Morgan fingerprint density at radius 3 is 2.77 bits per heavy atom. The maximum Gasteiger partial charge on any atom is 0.273 e. The van der Waals surface area contributed by atoms with Crippen LogP contribution in [0.1, 0.15) is 37.0 Å². The van der Waals surface area contributed by atoms with Gasteiger partial charge in [-0.25, -0.2) is 0 Å². The average molecular weight is 327 g/mol. The summed E-state index contributed by atoms with van der Waals surface area (Å²) in [6.45, 7) is 4.28. The van der Waals surface area contributed by atoms with E-state index < -0.39 is 12.0 Å². The van der Waals surface area contributed by atoms with Crippen molar-refractivity contribution in [2.45, 2.75) is 38.9 Å². The Morgan fingerprint density at radius 1 is 1.36 bits per heavy atom. The number of hydrogen-bond donors (Lipinski definition) is 2. The third-order valence-electron chi connectivity index (χ3n) is 3.07. The van der Waals surface area contributed by atoms with Crippen molar-refractivity contribution in [2.75, 3.05) is 6.61 Å². The van der Waals surface area contributed by atoms with E-state index in [1.165, 1.54) is 6.07 Å². The van der Waals surface area contributed by atoms with Crippen molar-refractivity contribution in [1.82, 2.24) is 10.9 Å². The number of hydrogen-bond acceptors (Lipinski definition) is 4. The van der Waals surface area contributed by atoms with Gasteiger partial charge in [0.1, 0.15) is 11.9 Å². The first-order valence-electron chi connectivity index (χ1n) is 7.15. The summed E-state index contributed by atoms with van der Waals surface area (Å²) in [5.74, 6) is -0.452. The van der Waals surface area contributed by atoms with Crippen LogP contribution >= 0.6 is 11.6 Å². The first-order valence-corrected chi connectivity index (χ1v) is 7.53. The average Bonchev–Trinajstić information content (AvgIpc) is 3.00. The molecule has 0 aromatic heterocycles. The molecule has 1 unspecified atom stereocenters. The van der Waals surface area contributed by atoms with Crippen molar-refractivity contribution < 1.29 is 19.1 Å². The van der Waals surface area contributed by atoms with Crippen LogP contribution in [0, 0.1) is 0 Å². The van der Waals surface area contributed by atoms with Gasteiger partial charge in [-0.15, -0.1) is 0 Å². The molecule has 0 spiro atoms. The number of halogens is 1. The summed E-state index contributed by atoms with van der Waals surface area (Å²) < 4.78 is 10.8. The Balaban J connectivity index is 2.01. The van der Waals surface area contributed by atoms with E-state index in [0.29, 0.717) is 23.8 Å². The maximum atomic E-state index is 12.2. The van der Waals surface area contributed by atoms with Crippen LogP contribution in [-0.4, -0.2) is 30.6 Å². The van der Waals surface area contributed by atoms with E-state index in [1.807, 2.05) is 13.8 Å². The fraction of sp³-hybridized carbons (Fsp3) is 0.467. The molecule has 22 heavy (non-hydrogen) atoms. The topological polar surface area (TPSA) is 76.7 Å². The van der Waals surface area contributed by atoms with E-state index in [4.69, 9.17) is 21.1 Å². The minimum Gasteiger partial charge on any atom is -0.490 e. The molecule has 2 N–H and O–H groups in total. The normalized spacial score (nSPS) is 17.4. The van der Waals surface area contributed by atoms with Crippen molar-refractivity contribution in [3.05, 3.63) is 28.8 Å². The van der Waals surface area contributed by atoms with Gasteiger partial charge in [-0.1, -0.05) is 11.6 Å². The van der Waals surface area contributed by atoms with Gasteiger partial charge in [-0.3, -0.25) is 20.4 Å². The Labute approximate surface area is 134 Å². The lowest BCUT2D eigenvalue weighted by Gasteiger charge is -2.15. The molecular formula is C15H19ClN2O4. The molecule has 1 fully saturated rings. The highest BCUT2D eigenvalue weighted by molar-refractivity contribution is 6.31. The first-order chi connectivity index (χ1) is 10.5. The predicted molar refractivity (Wildman–Crippen MR) is 81.8 cm³/mol. The van der Waals surface area contributed by atoms with E-state index in [1.54, 1.807) is 12.1 Å². The van der Waals surface area contributed by atoms with Gasteiger partial charge >= 0.3 is 0 Å². The maximum absolute atomic E-state index is 12.2. The van der Waals surface area contributed by atoms with Crippen molar-refractivity contribution in [3.63, 3.8) is 0 Å². The molecule has 0 saturated carbocycles. The number of rotatable bonds is 4. The molecule has 120 valence electrons. The van der Waals surface area contributed by atoms with Crippen LogP contribution < -0.4 is 15.6 Å². The van der Waals surface area contributed by atoms with Gasteiger partial charge in [0.25, 0.3) is 11.8 Å². The molecule has 1 aromatic carbocycles. The molecule has 2 rings (SSSR count). The fourth-order valence-electron chi connectivity index (χ4n) is 2.09. The lowest BCUT2D eigenvalue weighted by Crippen LogP contribution is -2.46. The molecule has 1 atom stereocenters. The fourth-order valence-corrected chi connectivity index (χ4v) is 2.26. The molecule has 0 bridgehead atoms. The summed E-state index contributed by atoms with van der Waals surface area (Å²) in [6.07, 6.45) is 0.896. The zero-order valence-corrected chi connectivity index (χ0v) is 13.3. The number of benzene rings is 1. The number of amides is 2. The SMILES string of the molecule is CC(C)Oc1ccc(Cl)cc1C(=O)NNC(=O)C1CCCO1. The molecule has 1 aliphatic rings. The second-order valence-corrected chi connectivity index (χ2v) is 5.69. The van der Waals surface area contributed by atoms with Gasteiger partial charge in [0, 0.05) is 11.6 Å². The summed E-state index contributed by atoms with van der Waals surface area (Å²) >= 11 is 5.92. The summed E-state index contributed by atoms with van der Waals surface area (Å²) in [4.78, 5) is 24.0. The van der Waals surface area contributed by atoms with Crippen molar-refractivity contribution >= 4 is 23.4 Å². The third-order valence-corrected chi connectivity index (χ3v) is 3.31. The quantitative estimate of drug-likeness (QED) is 0.830. The summed E-state index contributed by atoms with van der Waals surface area (Å²) in [5.41, 5.74) is 4.98. The lowest BCUT2D eigenvalue weighted by atomic mass is 10.2. The molecular weight excluding hydrogens is 308 g/mol. The summed E-state index contributed by atoms with van der Waals surface area (Å²) in [5, 5.41) is 0.409. The molecule has 1 aromatic rings. The molecule has 1 aliphatic heterocycles. The van der Waals surface area contributed by atoms with Gasteiger partial charge in [0.15, 0.2) is 0 Å². The molecule has 7 heteroatoms. The largest absolute Gasteiger partial charge is 0.490 e. The minimum atomic E-state index is -0.508. The Morgan fingerprint density at radius 2 is 2.14 bits per heavy atom. The molecule has 0 radical (unpaired) electrons. The summed E-state index contributed by atoms with van der Waals surface area (Å²) in [6, 6.07) is 4.76. The third kappa shape index (κ3) is 4.35. The number of nitrogens with one attached hydrogen (secondary N) is 2. The zero-order chi connectivity index (χ0) is 16.1. The van der Waals surface area contributed by atoms with E-state index in [0.717, 1.165) is 6.42 Å². The number of ether oxygens (including phenoxy) is 2. The van der Waals surface area contributed by atoms with Gasteiger partial charge in [0.05, 0.1) is 11.7 Å². The van der Waals surface area contributed by atoms with E-state index in [9.17, 15) is 9.59 Å². The van der Waals surface area contributed by atoms with E-state index in [2.05, 4.69) is 10.9 Å². The summed E-state index contributed by atoms with van der Waals surface area (Å²) in [7, 11) is 0. The molecule has 1 heterocycles. The van der Waals surface area contributed by atoms with Crippen LogP contribution in [-0.2, 0) is 9.53 Å². The zero-order valence-electron chi connectivity index (χ0n) is 12.5. The monoisotopic (exact) mass is 326 g/mol. The Hall–Kier alpha value is -1.79. The van der Waals surface area contributed by atoms with E-state index >= 15 is 0 Å². The van der Waals surface area contributed by atoms with Crippen LogP contribution in [0.5, 0.6) is 5.75 Å².